The summed E-state index contributed by atoms with van der Waals surface area (Å²) in [5.41, 5.74) is -6.06. The Morgan fingerprint density at radius 2 is 1.50 bits per heavy atom. The van der Waals surface area contributed by atoms with Crippen molar-refractivity contribution in [2.75, 3.05) is 6.56 Å². The van der Waals surface area contributed by atoms with Crippen molar-refractivity contribution in [3.63, 3.8) is 0 Å². The van der Waals surface area contributed by atoms with E-state index in [1.807, 2.05) is 0 Å². The van der Waals surface area contributed by atoms with Gasteiger partial charge in [0.25, 0.3) is 0 Å². The fourth-order valence-corrected chi connectivity index (χ4v) is 0.783. The molecule has 1 nitrogen and oxygen atoms in total. The van der Waals surface area contributed by atoms with E-state index < -0.39 is 43.1 Å². The first-order valence-corrected chi connectivity index (χ1v) is 4.66. The second-order valence-electron chi connectivity index (χ2n) is 5.51. The van der Waals surface area contributed by atoms with Gasteiger partial charge >= 0.3 is 0 Å². The molecule has 0 unspecified atom stereocenters. The summed E-state index contributed by atoms with van der Waals surface area (Å²) < 4.78 is 84.4. The quantitative estimate of drug-likeness (QED) is 0.676. The maximum atomic E-state index is 8.33. The average Bonchev–Trinajstić information content (AvgIpc) is 2.18. The van der Waals surface area contributed by atoms with Crippen LogP contribution in [0.2, 0.25) is 0 Å². The molecule has 0 radical (unpaired) electrons. The Hall–Kier alpha value is -0.0400. The van der Waals surface area contributed by atoms with Crippen LogP contribution in [0.5, 0.6) is 0 Å². The minimum absolute atomic E-state index is 1.28. The van der Waals surface area contributed by atoms with Crippen LogP contribution in [0, 0.1) is 10.8 Å². The maximum absolute atomic E-state index is 8.33. The van der Waals surface area contributed by atoms with E-state index in [2.05, 4.69) is 0 Å². The van der Waals surface area contributed by atoms with Crippen molar-refractivity contribution < 1.29 is 18.4 Å². The molecule has 86 valence electrons. The van der Waals surface area contributed by atoms with Crippen molar-refractivity contribution in [3.8, 4) is 0 Å². The van der Waals surface area contributed by atoms with E-state index in [1.165, 1.54) is 41.5 Å². The molecule has 14 heavy (non-hydrogen) atoms. The van der Waals surface area contributed by atoms with Crippen LogP contribution < -0.4 is 0 Å². The van der Waals surface area contributed by atoms with Crippen LogP contribution in [0.25, 0.3) is 0 Å². The second-order valence-corrected chi connectivity index (χ2v) is 5.51. The van der Waals surface area contributed by atoms with Crippen LogP contribution in [-0.4, -0.2) is 12.2 Å². The zero-order valence-electron chi connectivity index (χ0n) is 19.9. The zero-order chi connectivity index (χ0) is 20.2. The predicted molar refractivity (Wildman–Crippen MR) is 63.6 cm³/mol. The van der Waals surface area contributed by atoms with Gasteiger partial charge in [-0.1, -0.05) is 41.5 Å². The molecular formula is C13H28O. The molecule has 0 aromatic heterocycles. The Bertz CT molecular complexity index is 433. The first-order valence-electron chi connectivity index (χ1n) is 9.66. The first kappa shape index (κ1) is 4.45. The van der Waals surface area contributed by atoms with Crippen molar-refractivity contribution in [1.29, 1.82) is 0 Å². The highest BCUT2D eigenvalue weighted by atomic mass is 16.5. The molecule has 0 spiro atoms. The van der Waals surface area contributed by atoms with Crippen LogP contribution in [0.4, 0.5) is 0 Å². The van der Waals surface area contributed by atoms with Crippen LogP contribution in [0.1, 0.15) is 75.3 Å². The van der Waals surface area contributed by atoms with Crippen molar-refractivity contribution in [1.82, 2.24) is 0 Å². The molecule has 0 N–H and O–H groups in total. The lowest BCUT2D eigenvalue weighted by Crippen LogP contribution is -2.33. The van der Waals surface area contributed by atoms with Gasteiger partial charge in [-0.05, 0) is 30.9 Å². The SMILES string of the molecule is [2H]C([2H])([2H])C(OC([2H])([2H])C(C)(C)C)(C([2H])([2H])[2H])C([2H])([2H])C(C)(C)C. The summed E-state index contributed by atoms with van der Waals surface area (Å²) in [4.78, 5) is 0. The normalized spacial score (nSPS) is 29.0. The molecule has 0 rings (SSSR count). The van der Waals surface area contributed by atoms with Crippen molar-refractivity contribution in [2.45, 2.75) is 67.2 Å². The van der Waals surface area contributed by atoms with E-state index in [0.29, 0.717) is 0 Å². The highest BCUT2D eigenvalue weighted by molar-refractivity contribution is 4.78. The third-order valence-electron chi connectivity index (χ3n) is 1.06. The summed E-state index contributed by atoms with van der Waals surface area (Å²) in [6.07, 6.45) is -2.89. The van der Waals surface area contributed by atoms with Gasteiger partial charge in [0.15, 0.2) is 0 Å². The highest BCUT2D eigenvalue weighted by Gasteiger charge is 2.27. The first-order chi connectivity index (χ1) is 9.96. The van der Waals surface area contributed by atoms with Gasteiger partial charge in [-0.15, -0.1) is 0 Å². The number of ether oxygens (including phenoxy) is 1. The second kappa shape index (κ2) is 4.22. The standard InChI is InChI=1S/C13H28O/c1-11(2,3)9-13(7,8)14-10-12(4,5)6/h9-10H2,1-8H3/i7D3,8D3,9D2,10D2. The Labute approximate surface area is 104 Å². The van der Waals surface area contributed by atoms with E-state index >= 15 is 0 Å². The smallest absolute Gasteiger partial charge is 0.0631 e. The summed E-state index contributed by atoms with van der Waals surface area (Å²) in [5.74, 6) is 0. The largest absolute Gasteiger partial charge is 0.375 e. The molecule has 0 heterocycles. The molecular weight excluding hydrogens is 172 g/mol. The summed E-state index contributed by atoms with van der Waals surface area (Å²) in [6.45, 7) is -1.24. The fraction of sp³-hybridized carbons (Fsp3) is 1.00. The monoisotopic (exact) mass is 210 g/mol. The average molecular weight is 210 g/mol. The van der Waals surface area contributed by atoms with Gasteiger partial charge < -0.3 is 4.74 Å². The molecule has 0 aromatic rings. The van der Waals surface area contributed by atoms with Gasteiger partial charge in [0.05, 0.1) is 14.9 Å². The van der Waals surface area contributed by atoms with Crippen molar-refractivity contribution >= 4 is 0 Å². The maximum Gasteiger partial charge on any atom is 0.0631 e. The third kappa shape index (κ3) is 8.55. The van der Waals surface area contributed by atoms with Crippen LogP contribution in [0.3, 0.4) is 0 Å². The third-order valence-corrected chi connectivity index (χ3v) is 1.06. The molecule has 0 saturated carbocycles. The molecule has 0 atom stereocenters. The van der Waals surface area contributed by atoms with Gasteiger partial charge in [-0.25, -0.2) is 0 Å². The Kier molecular flexibility index (Phi) is 1.34. The van der Waals surface area contributed by atoms with E-state index in [1.54, 1.807) is 0 Å². The lowest BCUT2D eigenvalue weighted by Gasteiger charge is -2.34. The van der Waals surface area contributed by atoms with Crippen molar-refractivity contribution in [3.05, 3.63) is 0 Å². The molecule has 0 saturated heterocycles. The van der Waals surface area contributed by atoms with E-state index in [0.717, 1.165) is 0 Å². The lowest BCUT2D eigenvalue weighted by molar-refractivity contribution is -0.0708. The fourth-order valence-electron chi connectivity index (χ4n) is 0.783. The topological polar surface area (TPSA) is 9.23 Å². The summed E-state index contributed by atoms with van der Waals surface area (Å²) in [5, 5.41) is 0. The van der Waals surface area contributed by atoms with Gasteiger partial charge in [0, 0.05) is 11.0 Å². The summed E-state index contributed by atoms with van der Waals surface area (Å²) in [7, 11) is 0. The minimum atomic E-state index is -3.44. The van der Waals surface area contributed by atoms with Gasteiger partial charge in [0.2, 0.25) is 0 Å². The molecule has 0 aliphatic rings. The van der Waals surface area contributed by atoms with E-state index in [-0.39, 0.29) is 0 Å². The molecule has 0 aliphatic heterocycles. The van der Waals surface area contributed by atoms with Crippen LogP contribution in [-0.2, 0) is 4.74 Å². The van der Waals surface area contributed by atoms with Gasteiger partial charge in [0.1, 0.15) is 0 Å². The van der Waals surface area contributed by atoms with Gasteiger partial charge in [-0.2, -0.15) is 0 Å². The Balaban J connectivity index is 6.86. The predicted octanol–water partition coefficient (Wildman–Crippen LogP) is 4.26. The zero-order valence-corrected chi connectivity index (χ0v) is 9.91. The molecule has 0 aromatic carbocycles. The number of rotatable bonds is 3. The van der Waals surface area contributed by atoms with Crippen LogP contribution >= 0.6 is 0 Å². The van der Waals surface area contributed by atoms with Crippen LogP contribution in [0.15, 0.2) is 0 Å². The molecule has 0 aliphatic carbocycles. The number of hydrogen-bond donors (Lipinski definition) is 0. The van der Waals surface area contributed by atoms with E-state index in [4.69, 9.17) is 18.4 Å². The lowest BCUT2D eigenvalue weighted by atomic mass is 9.83. The molecule has 0 amide bonds. The molecule has 1 heteroatoms. The molecule has 0 bridgehead atoms. The van der Waals surface area contributed by atoms with Crippen molar-refractivity contribution in [2.24, 2.45) is 10.8 Å². The minimum Gasteiger partial charge on any atom is -0.375 e. The van der Waals surface area contributed by atoms with Gasteiger partial charge in [-0.3, -0.25) is 0 Å². The molecule has 0 fully saturated rings. The summed E-state index contributed by atoms with van der Waals surface area (Å²) in [6, 6.07) is 0. The summed E-state index contributed by atoms with van der Waals surface area (Å²) >= 11 is 0. The highest BCUT2D eigenvalue weighted by Crippen LogP contribution is 2.30. The number of hydrogen-bond acceptors (Lipinski definition) is 1. The van der Waals surface area contributed by atoms with E-state index in [9.17, 15) is 0 Å². The Morgan fingerprint density at radius 3 is 1.79 bits per heavy atom. The Morgan fingerprint density at radius 1 is 1.00 bits per heavy atom.